The molecule has 1 aromatic rings. The van der Waals surface area contributed by atoms with Crippen LogP contribution in [0.5, 0.6) is 0 Å². The molecule has 0 bridgehead atoms. The molecule has 1 aliphatic rings. The molecule has 0 spiro atoms. The molecule has 70 valence electrons. The first-order valence-corrected chi connectivity index (χ1v) is 4.98. The largest absolute Gasteiger partial charge is 0.368 e. The maximum atomic E-state index is 11.4. The number of carbonyl (C=O) groups excluding carboxylic acids is 1. The molecule has 1 N–H and O–H groups in total. The van der Waals surface area contributed by atoms with Crippen LogP contribution in [0.4, 0.5) is 5.00 Å². The highest BCUT2D eigenvalue weighted by Gasteiger charge is 2.26. The number of anilines is 1. The van der Waals surface area contributed by atoms with E-state index in [0.29, 0.717) is 6.61 Å². The molecular weight excluding hydrogens is 188 g/mol. The van der Waals surface area contributed by atoms with E-state index in [0.717, 1.165) is 17.1 Å². The van der Waals surface area contributed by atoms with Crippen LogP contribution in [0, 0.1) is 6.92 Å². The average molecular weight is 198 g/mol. The molecule has 0 saturated carbocycles. The second kappa shape index (κ2) is 3.43. The second-order valence-electron chi connectivity index (χ2n) is 2.90. The summed E-state index contributed by atoms with van der Waals surface area (Å²) in [6, 6.07) is 0. The van der Waals surface area contributed by atoms with Gasteiger partial charge in [-0.05, 0) is 6.92 Å². The number of thiazole rings is 1. The quantitative estimate of drug-likeness (QED) is 0.776. The highest BCUT2D eigenvalue weighted by molar-refractivity contribution is 7.14. The van der Waals surface area contributed by atoms with E-state index in [4.69, 9.17) is 4.74 Å². The summed E-state index contributed by atoms with van der Waals surface area (Å²) < 4.78 is 5.05. The topological polar surface area (TPSA) is 51.2 Å². The Hall–Kier alpha value is -0.940. The van der Waals surface area contributed by atoms with Crippen LogP contribution in [0.3, 0.4) is 0 Å². The van der Waals surface area contributed by atoms with Gasteiger partial charge in [-0.15, -0.1) is 11.3 Å². The molecule has 1 fully saturated rings. The molecule has 1 unspecified atom stereocenters. The van der Waals surface area contributed by atoms with Gasteiger partial charge in [-0.1, -0.05) is 0 Å². The fourth-order valence-corrected chi connectivity index (χ4v) is 1.76. The van der Waals surface area contributed by atoms with Crippen LogP contribution in [0.15, 0.2) is 5.51 Å². The molecule has 4 nitrogen and oxygen atoms in total. The number of nitrogens with one attached hydrogen (secondary N) is 1. The molecule has 1 atom stereocenters. The van der Waals surface area contributed by atoms with Crippen LogP contribution in [0.25, 0.3) is 0 Å². The van der Waals surface area contributed by atoms with E-state index in [1.54, 1.807) is 5.51 Å². The lowest BCUT2D eigenvalue weighted by molar-refractivity contribution is -0.139. The third kappa shape index (κ3) is 1.71. The third-order valence-corrected chi connectivity index (χ3v) is 2.82. The van der Waals surface area contributed by atoms with Gasteiger partial charge in [0.1, 0.15) is 11.1 Å². The predicted octanol–water partition coefficient (Wildman–Crippen LogP) is 1.18. The van der Waals surface area contributed by atoms with Crippen molar-refractivity contribution in [1.82, 2.24) is 4.98 Å². The SMILES string of the molecule is Cc1ncsc1NC(=O)C1CCO1. The van der Waals surface area contributed by atoms with Crippen LogP contribution in [0.1, 0.15) is 12.1 Å². The lowest BCUT2D eigenvalue weighted by atomic mass is 10.2. The summed E-state index contributed by atoms with van der Waals surface area (Å²) in [5, 5.41) is 3.60. The van der Waals surface area contributed by atoms with E-state index in [1.165, 1.54) is 11.3 Å². The first kappa shape index (κ1) is 8.65. The van der Waals surface area contributed by atoms with E-state index < -0.39 is 0 Å². The summed E-state index contributed by atoms with van der Waals surface area (Å²) in [5.41, 5.74) is 2.57. The molecule has 13 heavy (non-hydrogen) atoms. The van der Waals surface area contributed by atoms with Gasteiger partial charge in [0.25, 0.3) is 5.91 Å². The van der Waals surface area contributed by atoms with E-state index in [-0.39, 0.29) is 12.0 Å². The molecule has 0 radical (unpaired) electrons. The molecule has 1 saturated heterocycles. The molecule has 1 aliphatic heterocycles. The molecular formula is C8H10N2O2S. The summed E-state index contributed by atoms with van der Waals surface area (Å²) in [6.07, 6.45) is 0.574. The number of amides is 1. The van der Waals surface area contributed by atoms with Crippen molar-refractivity contribution in [3.8, 4) is 0 Å². The summed E-state index contributed by atoms with van der Waals surface area (Å²) in [5.74, 6) is -0.0569. The Balaban J connectivity index is 1.97. The van der Waals surface area contributed by atoms with Crippen LogP contribution in [-0.2, 0) is 9.53 Å². The second-order valence-corrected chi connectivity index (χ2v) is 3.76. The number of carbonyl (C=O) groups is 1. The zero-order valence-corrected chi connectivity index (χ0v) is 8.06. The van der Waals surface area contributed by atoms with Gasteiger partial charge < -0.3 is 10.1 Å². The predicted molar refractivity (Wildman–Crippen MR) is 49.8 cm³/mol. The number of aryl methyl sites for hydroxylation is 1. The Morgan fingerprint density at radius 2 is 2.62 bits per heavy atom. The van der Waals surface area contributed by atoms with Crippen LogP contribution in [-0.4, -0.2) is 23.6 Å². The Bertz CT molecular complexity index is 320. The standard InChI is InChI=1S/C8H10N2O2S/c1-5-8(13-4-9-5)10-7(11)6-2-3-12-6/h4,6H,2-3H2,1H3,(H,10,11). The lowest BCUT2D eigenvalue weighted by Crippen LogP contribution is -2.38. The number of rotatable bonds is 2. The Labute approximate surface area is 79.9 Å². The van der Waals surface area contributed by atoms with Crippen LogP contribution < -0.4 is 5.32 Å². The average Bonchev–Trinajstić information content (AvgIpc) is 2.32. The van der Waals surface area contributed by atoms with Crippen molar-refractivity contribution in [3.63, 3.8) is 0 Å². The maximum Gasteiger partial charge on any atom is 0.254 e. The highest BCUT2D eigenvalue weighted by atomic mass is 32.1. The summed E-state index contributed by atoms with van der Waals surface area (Å²) in [6.45, 7) is 2.56. The normalized spacial score (nSPS) is 20.8. The van der Waals surface area contributed by atoms with Crippen molar-refractivity contribution in [2.24, 2.45) is 0 Å². The third-order valence-electron chi connectivity index (χ3n) is 1.97. The van der Waals surface area contributed by atoms with Gasteiger partial charge in [0, 0.05) is 6.42 Å². The van der Waals surface area contributed by atoms with Crippen LogP contribution >= 0.6 is 11.3 Å². The maximum absolute atomic E-state index is 11.4. The Morgan fingerprint density at radius 3 is 3.08 bits per heavy atom. The number of nitrogens with zero attached hydrogens (tertiary/aromatic N) is 1. The minimum atomic E-state index is -0.249. The number of aromatic nitrogens is 1. The van der Waals surface area contributed by atoms with Crippen LogP contribution in [0.2, 0.25) is 0 Å². The molecule has 5 heteroatoms. The summed E-state index contributed by atoms with van der Waals surface area (Å²) in [7, 11) is 0. The van der Waals surface area contributed by atoms with E-state index in [1.807, 2.05) is 6.92 Å². The van der Waals surface area contributed by atoms with Gasteiger partial charge >= 0.3 is 0 Å². The first-order valence-electron chi connectivity index (χ1n) is 4.10. The molecule has 0 aliphatic carbocycles. The summed E-state index contributed by atoms with van der Waals surface area (Å²) >= 11 is 1.43. The minimum absolute atomic E-state index is 0.0569. The van der Waals surface area contributed by atoms with Gasteiger partial charge in [0.05, 0.1) is 17.8 Å². The number of hydrogen-bond acceptors (Lipinski definition) is 4. The van der Waals surface area contributed by atoms with Gasteiger partial charge in [0.15, 0.2) is 0 Å². The Morgan fingerprint density at radius 1 is 1.85 bits per heavy atom. The fraction of sp³-hybridized carbons (Fsp3) is 0.500. The van der Waals surface area contributed by atoms with Gasteiger partial charge in [0.2, 0.25) is 0 Å². The fourth-order valence-electron chi connectivity index (χ4n) is 1.06. The van der Waals surface area contributed by atoms with Crippen molar-refractivity contribution in [3.05, 3.63) is 11.2 Å². The molecule has 1 aromatic heterocycles. The number of hydrogen-bond donors (Lipinski definition) is 1. The highest BCUT2D eigenvalue weighted by Crippen LogP contribution is 2.21. The lowest BCUT2D eigenvalue weighted by Gasteiger charge is -2.24. The van der Waals surface area contributed by atoms with Crippen molar-refractivity contribution in [2.45, 2.75) is 19.4 Å². The van der Waals surface area contributed by atoms with Crippen molar-refractivity contribution < 1.29 is 9.53 Å². The first-order chi connectivity index (χ1) is 6.27. The molecule has 0 aromatic carbocycles. The summed E-state index contributed by atoms with van der Waals surface area (Å²) in [4.78, 5) is 15.4. The molecule has 1 amide bonds. The zero-order valence-electron chi connectivity index (χ0n) is 7.24. The van der Waals surface area contributed by atoms with Crippen molar-refractivity contribution in [2.75, 3.05) is 11.9 Å². The minimum Gasteiger partial charge on any atom is -0.368 e. The molecule has 2 rings (SSSR count). The van der Waals surface area contributed by atoms with E-state index >= 15 is 0 Å². The monoisotopic (exact) mass is 198 g/mol. The van der Waals surface area contributed by atoms with Gasteiger partial charge in [-0.3, -0.25) is 4.79 Å². The van der Waals surface area contributed by atoms with Gasteiger partial charge in [-0.25, -0.2) is 4.98 Å². The zero-order chi connectivity index (χ0) is 9.26. The van der Waals surface area contributed by atoms with E-state index in [9.17, 15) is 4.79 Å². The Kier molecular flexibility index (Phi) is 2.28. The van der Waals surface area contributed by atoms with Crippen molar-refractivity contribution >= 4 is 22.2 Å². The van der Waals surface area contributed by atoms with Gasteiger partial charge in [-0.2, -0.15) is 0 Å². The number of ether oxygens (including phenoxy) is 1. The van der Waals surface area contributed by atoms with Crippen molar-refractivity contribution in [1.29, 1.82) is 0 Å². The molecule has 2 heterocycles. The smallest absolute Gasteiger partial charge is 0.254 e. The van der Waals surface area contributed by atoms with E-state index in [2.05, 4.69) is 10.3 Å².